The lowest BCUT2D eigenvalue weighted by Gasteiger charge is -2.16. The topological polar surface area (TPSA) is 50.7 Å². The van der Waals surface area contributed by atoms with Crippen LogP contribution in [0.1, 0.15) is 36.5 Å². The summed E-state index contributed by atoms with van der Waals surface area (Å²) in [5.41, 5.74) is 3.31. The summed E-state index contributed by atoms with van der Waals surface area (Å²) >= 11 is 6.44. The van der Waals surface area contributed by atoms with Crippen LogP contribution in [0.15, 0.2) is 36.4 Å². The fourth-order valence-electron chi connectivity index (χ4n) is 2.61. The van der Waals surface area contributed by atoms with Crippen molar-refractivity contribution in [2.45, 2.75) is 39.8 Å². The molecule has 0 aliphatic carbocycles. The average Bonchev–Trinajstić information content (AvgIpc) is 2.63. The predicted octanol–water partition coefficient (Wildman–Crippen LogP) is 4.49. The van der Waals surface area contributed by atoms with Gasteiger partial charge < -0.3 is 19.9 Å². The highest BCUT2D eigenvalue weighted by molar-refractivity contribution is 6.31. The third-order valence-electron chi connectivity index (χ3n) is 4.13. The molecule has 0 atom stereocenters. The Morgan fingerprint density at radius 2 is 1.81 bits per heavy atom. The summed E-state index contributed by atoms with van der Waals surface area (Å²) in [7, 11) is 0. The molecule has 2 rings (SSSR count). The maximum absolute atomic E-state index is 8.82. The molecular weight excluding hydrogens is 350 g/mol. The number of ether oxygens (including phenoxy) is 2. The molecule has 2 N–H and O–H groups in total. The van der Waals surface area contributed by atoms with Gasteiger partial charge in [-0.2, -0.15) is 0 Å². The number of hydrogen-bond donors (Lipinski definition) is 2. The van der Waals surface area contributed by atoms with Crippen LogP contribution < -0.4 is 14.8 Å². The van der Waals surface area contributed by atoms with E-state index in [-0.39, 0.29) is 6.61 Å². The Labute approximate surface area is 161 Å². The first-order valence-corrected chi connectivity index (χ1v) is 9.47. The van der Waals surface area contributed by atoms with Crippen molar-refractivity contribution in [3.05, 3.63) is 58.1 Å². The zero-order valence-corrected chi connectivity index (χ0v) is 16.3. The van der Waals surface area contributed by atoms with Gasteiger partial charge in [0.25, 0.3) is 0 Å². The van der Waals surface area contributed by atoms with Crippen LogP contribution in [0.5, 0.6) is 11.5 Å². The lowest BCUT2D eigenvalue weighted by Crippen LogP contribution is -2.15. The van der Waals surface area contributed by atoms with Crippen LogP contribution in [0, 0.1) is 6.92 Å². The Morgan fingerprint density at radius 3 is 2.54 bits per heavy atom. The number of unbranched alkanes of at least 4 members (excludes halogenated alkanes) is 1. The van der Waals surface area contributed by atoms with Crippen LogP contribution in [-0.2, 0) is 13.2 Å². The van der Waals surface area contributed by atoms with Crippen LogP contribution in [0.25, 0.3) is 0 Å². The number of aryl methyl sites for hydroxylation is 1. The zero-order chi connectivity index (χ0) is 18.8. The van der Waals surface area contributed by atoms with Crippen LogP contribution in [-0.4, -0.2) is 24.9 Å². The Bertz CT molecular complexity index is 691. The molecule has 2 aromatic carbocycles. The van der Waals surface area contributed by atoms with E-state index in [2.05, 4.69) is 24.4 Å². The summed E-state index contributed by atoms with van der Waals surface area (Å²) in [5, 5.41) is 12.8. The van der Waals surface area contributed by atoms with Crippen molar-refractivity contribution in [2.75, 3.05) is 19.8 Å². The van der Waals surface area contributed by atoms with E-state index in [1.165, 1.54) is 5.56 Å². The first-order chi connectivity index (χ1) is 12.7. The van der Waals surface area contributed by atoms with Crippen molar-refractivity contribution < 1.29 is 14.6 Å². The number of nitrogens with one attached hydrogen (secondary N) is 1. The normalized spacial score (nSPS) is 10.8. The maximum Gasteiger partial charge on any atom is 0.163 e. The van der Waals surface area contributed by atoms with E-state index in [0.29, 0.717) is 36.3 Å². The molecule has 0 aliphatic rings. The van der Waals surface area contributed by atoms with E-state index >= 15 is 0 Å². The number of halogens is 1. The SMILES string of the molecule is CCOc1cc(CNCCCCO)c(Cl)cc1OCc1ccccc1C. The van der Waals surface area contributed by atoms with E-state index in [4.69, 9.17) is 26.2 Å². The average molecular weight is 378 g/mol. The highest BCUT2D eigenvalue weighted by Crippen LogP contribution is 2.34. The molecule has 142 valence electrons. The number of benzene rings is 2. The predicted molar refractivity (Wildman–Crippen MR) is 106 cm³/mol. The first kappa shape index (κ1) is 20.6. The van der Waals surface area contributed by atoms with Gasteiger partial charge in [-0.25, -0.2) is 0 Å². The molecule has 0 fully saturated rings. The summed E-state index contributed by atoms with van der Waals surface area (Å²) in [5.74, 6) is 1.36. The van der Waals surface area contributed by atoms with Crippen molar-refractivity contribution in [1.29, 1.82) is 0 Å². The second-order valence-corrected chi connectivity index (χ2v) is 6.55. The minimum absolute atomic E-state index is 0.226. The zero-order valence-electron chi connectivity index (χ0n) is 15.6. The van der Waals surface area contributed by atoms with Gasteiger partial charge in [-0.15, -0.1) is 0 Å². The summed E-state index contributed by atoms with van der Waals surface area (Å²) in [6, 6.07) is 11.9. The van der Waals surface area contributed by atoms with E-state index in [1.54, 1.807) is 0 Å². The summed E-state index contributed by atoms with van der Waals surface area (Å²) in [4.78, 5) is 0. The first-order valence-electron chi connectivity index (χ1n) is 9.09. The molecule has 0 aliphatic heterocycles. The van der Waals surface area contributed by atoms with Gasteiger partial charge in [-0.05, 0) is 56.0 Å². The van der Waals surface area contributed by atoms with Crippen molar-refractivity contribution in [3.63, 3.8) is 0 Å². The summed E-state index contributed by atoms with van der Waals surface area (Å²) < 4.78 is 11.7. The van der Waals surface area contributed by atoms with Crippen LogP contribution in [0.4, 0.5) is 0 Å². The molecule has 0 aromatic heterocycles. The molecule has 0 saturated heterocycles. The molecule has 26 heavy (non-hydrogen) atoms. The van der Waals surface area contributed by atoms with Gasteiger partial charge in [0.15, 0.2) is 11.5 Å². The third kappa shape index (κ3) is 6.20. The fraction of sp³-hybridized carbons (Fsp3) is 0.429. The molecule has 5 heteroatoms. The molecule has 0 saturated carbocycles. The quantitative estimate of drug-likeness (QED) is 0.566. The van der Waals surface area contributed by atoms with Crippen LogP contribution in [0.3, 0.4) is 0 Å². The minimum Gasteiger partial charge on any atom is -0.490 e. The monoisotopic (exact) mass is 377 g/mol. The standard InChI is InChI=1S/C21H28ClNO3/c1-3-25-20-12-18(14-23-10-6-7-11-24)19(22)13-21(20)26-15-17-9-5-4-8-16(17)2/h4-5,8-9,12-13,23-24H,3,6-7,10-11,14-15H2,1-2H3. The summed E-state index contributed by atoms with van der Waals surface area (Å²) in [6.45, 7) is 6.78. The lowest BCUT2D eigenvalue weighted by molar-refractivity contribution is 0.268. The van der Waals surface area contributed by atoms with Gasteiger partial charge in [-0.1, -0.05) is 35.9 Å². The Balaban J connectivity index is 2.06. The molecule has 0 unspecified atom stereocenters. The van der Waals surface area contributed by atoms with Crippen LogP contribution in [0.2, 0.25) is 5.02 Å². The van der Waals surface area contributed by atoms with E-state index in [9.17, 15) is 0 Å². The highest BCUT2D eigenvalue weighted by Gasteiger charge is 2.12. The van der Waals surface area contributed by atoms with Gasteiger partial charge in [0.1, 0.15) is 6.61 Å². The van der Waals surface area contributed by atoms with E-state index in [0.717, 1.165) is 30.5 Å². The number of hydrogen-bond acceptors (Lipinski definition) is 4. The second kappa shape index (κ2) is 11.1. The Kier molecular flexibility index (Phi) is 8.75. The van der Waals surface area contributed by atoms with Crippen molar-refractivity contribution in [1.82, 2.24) is 5.32 Å². The summed E-state index contributed by atoms with van der Waals surface area (Å²) in [6.07, 6.45) is 1.74. The highest BCUT2D eigenvalue weighted by atomic mass is 35.5. The van der Waals surface area contributed by atoms with Gasteiger partial charge in [0, 0.05) is 24.2 Å². The van der Waals surface area contributed by atoms with E-state index < -0.39 is 0 Å². The third-order valence-corrected chi connectivity index (χ3v) is 4.49. The van der Waals surface area contributed by atoms with E-state index in [1.807, 2.05) is 31.2 Å². The minimum atomic E-state index is 0.226. The number of aliphatic hydroxyl groups is 1. The van der Waals surface area contributed by atoms with Gasteiger partial charge in [0.05, 0.1) is 6.61 Å². The Morgan fingerprint density at radius 1 is 1.04 bits per heavy atom. The largest absolute Gasteiger partial charge is 0.490 e. The molecule has 0 heterocycles. The fourth-order valence-corrected chi connectivity index (χ4v) is 2.83. The van der Waals surface area contributed by atoms with Crippen LogP contribution >= 0.6 is 11.6 Å². The molecule has 0 radical (unpaired) electrons. The number of rotatable bonds is 11. The second-order valence-electron chi connectivity index (χ2n) is 6.15. The van der Waals surface area contributed by atoms with Gasteiger partial charge >= 0.3 is 0 Å². The van der Waals surface area contributed by atoms with Crippen molar-refractivity contribution in [2.24, 2.45) is 0 Å². The molecule has 2 aromatic rings. The smallest absolute Gasteiger partial charge is 0.163 e. The lowest BCUT2D eigenvalue weighted by atomic mass is 10.1. The molecule has 0 bridgehead atoms. The molecule has 0 amide bonds. The Hall–Kier alpha value is -1.75. The number of aliphatic hydroxyl groups excluding tert-OH is 1. The van der Waals surface area contributed by atoms with Crippen molar-refractivity contribution in [3.8, 4) is 11.5 Å². The molecular formula is C21H28ClNO3. The maximum atomic E-state index is 8.82. The van der Waals surface area contributed by atoms with Gasteiger partial charge in [-0.3, -0.25) is 0 Å². The van der Waals surface area contributed by atoms with Crippen molar-refractivity contribution >= 4 is 11.6 Å². The molecule has 0 spiro atoms. The van der Waals surface area contributed by atoms with Gasteiger partial charge in [0.2, 0.25) is 0 Å². The molecule has 4 nitrogen and oxygen atoms in total.